The third-order valence-corrected chi connectivity index (χ3v) is 10.0. The first-order valence-corrected chi connectivity index (χ1v) is 15.9. The highest BCUT2D eigenvalue weighted by molar-refractivity contribution is 14.1. The number of ether oxygens (including phenoxy) is 2. The van der Waals surface area contributed by atoms with E-state index >= 15 is 0 Å². The zero-order valence-corrected chi connectivity index (χ0v) is 27.8. The van der Waals surface area contributed by atoms with Crippen molar-refractivity contribution < 1.29 is 32.0 Å². The lowest BCUT2D eigenvalue weighted by Gasteiger charge is -2.15. The van der Waals surface area contributed by atoms with Crippen LogP contribution in [0, 0.1) is 7.14 Å². The number of rotatable bonds is 5. The van der Waals surface area contributed by atoms with E-state index in [2.05, 4.69) is 47.8 Å². The summed E-state index contributed by atoms with van der Waals surface area (Å²) in [5.74, 6) is -0.996. The van der Waals surface area contributed by atoms with Gasteiger partial charge in [-0.1, -0.05) is 40.2 Å². The molecular formula is C24H10Br3I2O7S-. The summed E-state index contributed by atoms with van der Waals surface area (Å²) in [7, 11) is -4.69. The van der Waals surface area contributed by atoms with E-state index in [1.807, 2.05) is 0 Å². The van der Waals surface area contributed by atoms with E-state index in [1.165, 1.54) is 24.3 Å². The molecule has 13 heteroatoms. The van der Waals surface area contributed by atoms with Crippen molar-refractivity contribution >= 4 is 126 Å². The van der Waals surface area contributed by atoms with Crippen molar-refractivity contribution in [1.29, 1.82) is 0 Å². The molecule has 0 aliphatic carbocycles. The van der Waals surface area contributed by atoms with Gasteiger partial charge in [0.25, 0.3) is 0 Å². The highest BCUT2D eigenvalue weighted by atomic mass is 127. The summed E-state index contributed by atoms with van der Waals surface area (Å²) in [4.78, 5) is 25.7. The fourth-order valence-electron chi connectivity index (χ4n) is 3.42. The van der Waals surface area contributed by atoms with Crippen molar-refractivity contribution in [2.45, 2.75) is 4.90 Å². The van der Waals surface area contributed by atoms with Gasteiger partial charge in [-0.15, -0.1) is 0 Å². The quantitative estimate of drug-likeness (QED) is 0.0875. The molecule has 4 aromatic rings. The first-order chi connectivity index (χ1) is 17.4. The molecule has 190 valence electrons. The van der Waals surface area contributed by atoms with Crippen LogP contribution in [0.15, 0.2) is 79.0 Å². The van der Waals surface area contributed by atoms with E-state index < -0.39 is 22.1 Å². The molecule has 37 heavy (non-hydrogen) atoms. The van der Waals surface area contributed by atoms with Crippen molar-refractivity contribution in [2.75, 3.05) is 0 Å². The van der Waals surface area contributed by atoms with Crippen LogP contribution in [0.1, 0.15) is 20.7 Å². The van der Waals surface area contributed by atoms with Gasteiger partial charge in [0.2, 0.25) is 0 Å². The fourth-order valence-corrected chi connectivity index (χ4v) is 9.93. The van der Waals surface area contributed by atoms with Crippen LogP contribution in [0.2, 0.25) is 0 Å². The topological polar surface area (TPSA) is 110 Å². The Kier molecular flexibility index (Phi) is 9.02. The minimum absolute atomic E-state index is 0.0794. The Bertz CT molecular complexity index is 1660. The molecule has 0 spiro atoms. The van der Waals surface area contributed by atoms with Crippen LogP contribution < -0.4 is 9.47 Å². The van der Waals surface area contributed by atoms with Gasteiger partial charge in [0.15, 0.2) is 0 Å². The number of fused-ring (bicyclic) bond motifs is 1. The molecular weight excluding hydrogens is 926 g/mol. The lowest BCUT2D eigenvalue weighted by molar-refractivity contribution is 0.0730. The monoisotopic (exact) mass is 933 g/mol. The van der Waals surface area contributed by atoms with Gasteiger partial charge in [-0.25, -0.2) is 18.0 Å². The summed E-state index contributed by atoms with van der Waals surface area (Å²) in [5, 5.41) is 0.988. The second kappa shape index (κ2) is 11.6. The summed E-state index contributed by atoms with van der Waals surface area (Å²) in [6.45, 7) is 0. The second-order valence-electron chi connectivity index (χ2n) is 7.35. The summed E-state index contributed by atoms with van der Waals surface area (Å²) < 4.78 is 47.8. The van der Waals surface area contributed by atoms with E-state index in [-0.39, 0.29) is 29.1 Å². The third-order valence-electron chi connectivity index (χ3n) is 4.95. The maximum atomic E-state index is 13.1. The van der Waals surface area contributed by atoms with E-state index in [0.717, 1.165) is 4.47 Å². The maximum absolute atomic E-state index is 13.1. The van der Waals surface area contributed by atoms with Crippen LogP contribution in [0.4, 0.5) is 0 Å². The van der Waals surface area contributed by atoms with Gasteiger partial charge >= 0.3 is 11.9 Å². The lowest BCUT2D eigenvalue weighted by Crippen LogP contribution is -2.13. The molecule has 0 N–H and O–H groups in total. The van der Waals surface area contributed by atoms with Gasteiger partial charge in [0.05, 0.1) is 16.0 Å². The van der Waals surface area contributed by atoms with Crippen LogP contribution in [0.5, 0.6) is 11.5 Å². The third kappa shape index (κ3) is 6.38. The Morgan fingerprint density at radius 3 is 1.92 bits per heavy atom. The molecule has 7 nitrogen and oxygen atoms in total. The van der Waals surface area contributed by atoms with E-state index in [4.69, 9.17) is 9.47 Å². The van der Waals surface area contributed by atoms with Crippen molar-refractivity contribution in [2.24, 2.45) is 0 Å². The normalized spacial score (nSPS) is 11.4. The van der Waals surface area contributed by atoms with E-state index in [9.17, 15) is 22.6 Å². The highest BCUT2D eigenvalue weighted by Crippen LogP contribution is 2.34. The van der Waals surface area contributed by atoms with Crippen LogP contribution in [-0.4, -0.2) is 24.9 Å². The van der Waals surface area contributed by atoms with Gasteiger partial charge in [0.1, 0.15) is 21.6 Å². The zero-order valence-electron chi connectivity index (χ0n) is 17.9. The minimum Gasteiger partial charge on any atom is -0.744 e. The average Bonchev–Trinajstić information content (AvgIpc) is 2.77. The van der Waals surface area contributed by atoms with Gasteiger partial charge in [-0.05, 0) is 119 Å². The van der Waals surface area contributed by atoms with Gasteiger partial charge in [-0.3, -0.25) is 0 Å². The van der Waals surface area contributed by atoms with Crippen molar-refractivity contribution in [3.8, 4) is 11.5 Å². The first kappa shape index (κ1) is 28.9. The first-order valence-electron chi connectivity index (χ1n) is 9.92. The maximum Gasteiger partial charge on any atom is 0.345 e. The average molecular weight is 936 g/mol. The van der Waals surface area contributed by atoms with E-state index in [1.54, 1.807) is 81.6 Å². The molecule has 0 radical (unpaired) electrons. The number of benzene rings is 4. The SMILES string of the molecule is O=C(Oc1ccc(C(=O)Oc2cc(I)c(S(=O)(=O)[O-])c(I)c2)c2ccccc12)c1c(Br)cc(Br)cc1Br. The van der Waals surface area contributed by atoms with Gasteiger partial charge < -0.3 is 14.0 Å². The molecule has 4 rings (SSSR count). The summed E-state index contributed by atoms with van der Waals surface area (Å²) >= 11 is 13.5. The molecule has 0 saturated heterocycles. The lowest BCUT2D eigenvalue weighted by atomic mass is 10.0. The van der Waals surface area contributed by atoms with E-state index in [0.29, 0.717) is 25.3 Å². The number of hydrogen-bond acceptors (Lipinski definition) is 7. The number of esters is 2. The molecule has 0 amide bonds. The van der Waals surface area contributed by atoms with Crippen LogP contribution in [-0.2, 0) is 10.1 Å². The Hall–Kier alpha value is -1.11. The molecule has 0 aliphatic heterocycles. The smallest absolute Gasteiger partial charge is 0.345 e. The molecule has 0 aromatic heterocycles. The summed E-state index contributed by atoms with van der Waals surface area (Å²) in [6, 6.07) is 15.9. The zero-order chi connectivity index (χ0) is 27.1. The van der Waals surface area contributed by atoms with Crippen LogP contribution >= 0.6 is 93.0 Å². The van der Waals surface area contributed by atoms with Gasteiger partial charge in [0, 0.05) is 25.9 Å². The van der Waals surface area contributed by atoms with Crippen LogP contribution in [0.3, 0.4) is 0 Å². The predicted molar refractivity (Wildman–Crippen MR) is 163 cm³/mol. The van der Waals surface area contributed by atoms with Crippen molar-refractivity contribution in [3.05, 3.63) is 92.3 Å². The largest absolute Gasteiger partial charge is 0.744 e. The standard InChI is InChI=1S/C24H11Br3I2O7S/c25-11-7-16(26)21(17(27)8-11)24(31)36-20-6-5-15(13-3-1-2-4-14(13)20)23(30)35-12-9-18(28)22(19(29)10-12)37(32,33)34/h1-10H,(H,32,33,34)/p-1. The van der Waals surface area contributed by atoms with Crippen LogP contribution in [0.25, 0.3) is 10.8 Å². The minimum atomic E-state index is -4.69. The molecule has 0 aliphatic rings. The Labute approximate surface area is 263 Å². The predicted octanol–water partition coefficient (Wildman–Crippen LogP) is 7.68. The summed E-state index contributed by atoms with van der Waals surface area (Å²) in [6.07, 6.45) is 0. The van der Waals surface area contributed by atoms with Crippen molar-refractivity contribution in [1.82, 2.24) is 0 Å². The second-order valence-corrected chi connectivity index (χ2v) is 13.6. The fraction of sp³-hybridized carbons (Fsp3) is 0. The molecule has 0 bridgehead atoms. The summed E-state index contributed by atoms with van der Waals surface area (Å²) in [5.41, 5.74) is 0.496. The highest BCUT2D eigenvalue weighted by Gasteiger charge is 2.21. The molecule has 0 fully saturated rings. The molecule has 0 saturated carbocycles. The van der Waals surface area contributed by atoms with Gasteiger partial charge in [-0.2, -0.15) is 0 Å². The number of hydrogen-bond donors (Lipinski definition) is 0. The molecule has 4 aromatic carbocycles. The number of halogens is 5. The van der Waals surface area contributed by atoms with Crippen molar-refractivity contribution in [3.63, 3.8) is 0 Å². The molecule has 0 heterocycles. The molecule has 0 atom stereocenters. The number of carbonyl (C=O) groups excluding carboxylic acids is 2. The number of carbonyl (C=O) groups is 2. The Balaban J connectivity index is 1.68. The Morgan fingerprint density at radius 2 is 1.35 bits per heavy atom. The Morgan fingerprint density at radius 1 is 0.784 bits per heavy atom. The molecule has 0 unspecified atom stereocenters.